The predicted octanol–water partition coefficient (Wildman–Crippen LogP) is 1.78. The first kappa shape index (κ1) is 22.7. The number of hydrogen-bond donors (Lipinski definition) is 1. The summed E-state index contributed by atoms with van der Waals surface area (Å²) in [5, 5.41) is 12.2. The average molecular weight is 517 g/mol. The Labute approximate surface area is 191 Å². The smallest absolute Gasteiger partial charge is 0.194 e. The predicted molar refractivity (Wildman–Crippen MR) is 125 cm³/mol. The molecule has 1 N–H and O–H groups in total. The Morgan fingerprint density at radius 2 is 2.17 bits per heavy atom. The van der Waals surface area contributed by atoms with Gasteiger partial charge in [0.15, 0.2) is 11.8 Å². The molecular formula is C20H36IN7O. The number of likely N-dealkylation sites (tertiary alicyclic amines) is 2. The van der Waals surface area contributed by atoms with E-state index >= 15 is 0 Å². The molecule has 1 aromatic heterocycles. The molecule has 164 valence electrons. The summed E-state index contributed by atoms with van der Waals surface area (Å²) in [7, 11) is 2.01. The number of ether oxygens (including phenoxy) is 1. The highest BCUT2D eigenvalue weighted by molar-refractivity contribution is 14.0. The standard InChI is InChI=1S/C20H35N7O.HI/c1-4-26-9-5-6-17(26)12-21-19(22-13-18-24-23-16(2)25(18)3)27-10-7-20(14-27)8-11-28-15-20;/h17H,4-15H2,1-3H3,(H,21,22);1H. The molecule has 0 bridgehead atoms. The van der Waals surface area contributed by atoms with Crippen molar-refractivity contribution in [3.63, 3.8) is 0 Å². The van der Waals surface area contributed by atoms with Gasteiger partial charge in [-0.1, -0.05) is 6.92 Å². The fourth-order valence-electron chi connectivity index (χ4n) is 4.84. The lowest BCUT2D eigenvalue weighted by molar-refractivity contribution is 0.156. The third-order valence-corrected chi connectivity index (χ3v) is 6.88. The highest BCUT2D eigenvalue weighted by Gasteiger charge is 2.42. The molecule has 0 aromatic carbocycles. The normalized spacial score (nSPS) is 27.8. The van der Waals surface area contributed by atoms with E-state index in [1.54, 1.807) is 0 Å². The molecule has 3 saturated heterocycles. The monoisotopic (exact) mass is 517 g/mol. The number of rotatable bonds is 5. The minimum Gasteiger partial charge on any atom is -0.381 e. The van der Waals surface area contributed by atoms with Crippen LogP contribution in [-0.4, -0.2) is 82.5 Å². The molecule has 0 saturated carbocycles. The van der Waals surface area contributed by atoms with Crippen molar-refractivity contribution in [2.24, 2.45) is 17.5 Å². The Bertz CT molecular complexity index is 701. The highest BCUT2D eigenvalue weighted by Crippen LogP contribution is 2.38. The summed E-state index contributed by atoms with van der Waals surface area (Å²) in [5.74, 6) is 2.85. The van der Waals surface area contributed by atoms with Crippen LogP contribution in [0.25, 0.3) is 0 Å². The second-order valence-corrected chi connectivity index (χ2v) is 8.64. The molecule has 0 radical (unpaired) electrons. The Kier molecular flexibility index (Phi) is 7.77. The van der Waals surface area contributed by atoms with Gasteiger partial charge >= 0.3 is 0 Å². The molecule has 3 aliphatic heterocycles. The Balaban J connectivity index is 0.00000240. The molecule has 4 rings (SSSR count). The number of likely N-dealkylation sites (N-methyl/N-ethyl adjacent to an activating group) is 1. The maximum absolute atomic E-state index is 5.71. The van der Waals surface area contributed by atoms with Gasteiger partial charge in [-0.25, -0.2) is 4.99 Å². The van der Waals surface area contributed by atoms with Crippen LogP contribution in [0.15, 0.2) is 4.99 Å². The van der Waals surface area contributed by atoms with E-state index < -0.39 is 0 Å². The summed E-state index contributed by atoms with van der Waals surface area (Å²) in [4.78, 5) is 9.98. The van der Waals surface area contributed by atoms with Crippen molar-refractivity contribution in [2.45, 2.75) is 52.1 Å². The van der Waals surface area contributed by atoms with Gasteiger partial charge in [-0.15, -0.1) is 34.2 Å². The summed E-state index contributed by atoms with van der Waals surface area (Å²) in [6, 6.07) is 0.610. The van der Waals surface area contributed by atoms with Crippen LogP contribution in [0, 0.1) is 12.3 Å². The molecule has 29 heavy (non-hydrogen) atoms. The SMILES string of the molecule is CCN1CCCC1CNC(=NCc1nnc(C)n1C)N1CCC2(CCOC2)C1.I. The molecule has 1 spiro atoms. The second kappa shape index (κ2) is 9.91. The van der Waals surface area contributed by atoms with E-state index in [-0.39, 0.29) is 24.0 Å². The summed E-state index contributed by atoms with van der Waals surface area (Å²) in [6.45, 7) is 12.0. The van der Waals surface area contributed by atoms with Gasteiger partial charge in [-0.3, -0.25) is 4.90 Å². The molecule has 2 unspecified atom stereocenters. The van der Waals surface area contributed by atoms with Crippen LogP contribution in [0.1, 0.15) is 44.3 Å². The fraction of sp³-hybridized carbons (Fsp3) is 0.850. The summed E-state index contributed by atoms with van der Waals surface area (Å²) in [5.41, 5.74) is 0.326. The number of aromatic nitrogens is 3. The number of aryl methyl sites for hydroxylation is 1. The van der Waals surface area contributed by atoms with E-state index in [1.165, 1.54) is 32.2 Å². The Morgan fingerprint density at radius 3 is 2.86 bits per heavy atom. The van der Waals surface area contributed by atoms with Crippen molar-refractivity contribution < 1.29 is 4.74 Å². The van der Waals surface area contributed by atoms with Crippen LogP contribution in [0.2, 0.25) is 0 Å². The van der Waals surface area contributed by atoms with Crippen LogP contribution < -0.4 is 5.32 Å². The van der Waals surface area contributed by atoms with E-state index in [9.17, 15) is 0 Å². The van der Waals surface area contributed by atoms with Crippen molar-refractivity contribution in [2.75, 3.05) is 45.9 Å². The van der Waals surface area contributed by atoms with E-state index in [4.69, 9.17) is 9.73 Å². The zero-order chi connectivity index (χ0) is 19.6. The van der Waals surface area contributed by atoms with Gasteiger partial charge in [0.05, 0.1) is 6.61 Å². The van der Waals surface area contributed by atoms with Crippen molar-refractivity contribution in [3.05, 3.63) is 11.6 Å². The van der Waals surface area contributed by atoms with Crippen molar-refractivity contribution in [1.82, 2.24) is 29.9 Å². The zero-order valence-corrected chi connectivity index (χ0v) is 20.4. The first-order valence-electron chi connectivity index (χ1n) is 10.8. The molecule has 8 nitrogen and oxygen atoms in total. The molecule has 4 heterocycles. The number of aliphatic imine (C=N–C) groups is 1. The minimum atomic E-state index is 0. The number of guanidine groups is 1. The van der Waals surface area contributed by atoms with Crippen molar-refractivity contribution in [1.29, 1.82) is 0 Å². The van der Waals surface area contributed by atoms with Crippen LogP contribution in [-0.2, 0) is 18.3 Å². The van der Waals surface area contributed by atoms with E-state index in [0.29, 0.717) is 18.0 Å². The molecule has 9 heteroatoms. The molecule has 3 fully saturated rings. The number of nitrogens with one attached hydrogen (secondary N) is 1. The first-order chi connectivity index (χ1) is 13.6. The van der Waals surface area contributed by atoms with E-state index in [1.807, 2.05) is 18.5 Å². The van der Waals surface area contributed by atoms with E-state index in [0.717, 1.165) is 57.0 Å². The van der Waals surface area contributed by atoms with Gasteiger partial charge in [0.2, 0.25) is 0 Å². The second-order valence-electron chi connectivity index (χ2n) is 8.64. The minimum absolute atomic E-state index is 0. The van der Waals surface area contributed by atoms with Crippen LogP contribution in [0.4, 0.5) is 0 Å². The van der Waals surface area contributed by atoms with Crippen molar-refractivity contribution >= 4 is 29.9 Å². The molecule has 0 amide bonds. The topological polar surface area (TPSA) is 70.8 Å². The average Bonchev–Trinajstić information content (AvgIpc) is 3.48. The van der Waals surface area contributed by atoms with Gasteiger partial charge in [0, 0.05) is 44.7 Å². The van der Waals surface area contributed by atoms with Crippen molar-refractivity contribution in [3.8, 4) is 0 Å². The lowest BCUT2D eigenvalue weighted by Crippen LogP contribution is -2.46. The maximum atomic E-state index is 5.71. The van der Waals surface area contributed by atoms with E-state index in [2.05, 4.69) is 32.2 Å². The van der Waals surface area contributed by atoms with Crippen LogP contribution >= 0.6 is 24.0 Å². The number of nitrogens with zero attached hydrogens (tertiary/aromatic N) is 6. The van der Waals surface area contributed by atoms with Crippen LogP contribution in [0.5, 0.6) is 0 Å². The Morgan fingerprint density at radius 1 is 1.31 bits per heavy atom. The van der Waals surface area contributed by atoms with Gasteiger partial charge in [0.25, 0.3) is 0 Å². The lowest BCUT2D eigenvalue weighted by atomic mass is 9.87. The number of hydrogen-bond acceptors (Lipinski definition) is 5. The van der Waals surface area contributed by atoms with Gasteiger partial charge in [0.1, 0.15) is 12.4 Å². The molecule has 0 aliphatic carbocycles. The van der Waals surface area contributed by atoms with Gasteiger partial charge < -0.3 is 19.5 Å². The number of halogens is 1. The first-order valence-corrected chi connectivity index (χ1v) is 10.8. The molecular weight excluding hydrogens is 481 g/mol. The quantitative estimate of drug-likeness (QED) is 0.365. The summed E-state index contributed by atoms with van der Waals surface area (Å²) < 4.78 is 7.73. The summed E-state index contributed by atoms with van der Waals surface area (Å²) in [6.07, 6.45) is 4.94. The largest absolute Gasteiger partial charge is 0.381 e. The third-order valence-electron chi connectivity index (χ3n) is 6.88. The summed E-state index contributed by atoms with van der Waals surface area (Å²) >= 11 is 0. The Hall–Kier alpha value is -0.940. The fourth-order valence-corrected chi connectivity index (χ4v) is 4.84. The lowest BCUT2D eigenvalue weighted by Gasteiger charge is -2.28. The highest BCUT2D eigenvalue weighted by atomic mass is 127. The van der Waals surface area contributed by atoms with Gasteiger partial charge in [-0.05, 0) is 45.7 Å². The maximum Gasteiger partial charge on any atom is 0.194 e. The molecule has 2 atom stereocenters. The molecule has 3 aliphatic rings. The van der Waals surface area contributed by atoms with Gasteiger partial charge in [-0.2, -0.15) is 0 Å². The van der Waals surface area contributed by atoms with Crippen LogP contribution in [0.3, 0.4) is 0 Å². The zero-order valence-electron chi connectivity index (χ0n) is 18.1. The third kappa shape index (κ3) is 5.04. The molecule has 1 aromatic rings.